The normalized spacial score (nSPS) is 14.8. The van der Waals surface area contributed by atoms with Gasteiger partial charge >= 0.3 is 0 Å². The Morgan fingerprint density at radius 1 is 1.17 bits per heavy atom. The average molecular weight is 249 g/mol. The van der Waals surface area contributed by atoms with Crippen molar-refractivity contribution in [3.63, 3.8) is 0 Å². The van der Waals surface area contributed by atoms with Crippen LogP contribution in [0.1, 0.15) is 43.1 Å². The molecule has 0 bridgehead atoms. The third-order valence-corrected chi connectivity index (χ3v) is 3.72. The Kier molecular flexibility index (Phi) is 5.83. The lowest BCUT2D eigenvalue weighted by molar-refractivity contribution is 0.119. The third kappa shape index (κ3) is 4.43. The first kappa shape index (κ1) is 15.2. The quantitative estimate of drug-likeness (QED) is 0.836. The van der Waals surface area contributed by atoms with Crippen LogP contribution < -0.4 is 0 Å². The lowest BCUT2D eigenvalue weighted by atomic mass is 10.0. The van der Waals surface area contributed by atoms with Gasteiger partial charge in [0.15, 0.2) is 0 Å². The minimum atomic E-state index is -0.390. The van der Waals surface area contributed by atoms with Gasteiger partial charge in [0, 0.05) is 13.1 Å². The van der Waals surface area contributed by atoms with Crippen LogP contribution in [0.5, 0.6) is 0 Å². The summed E-state index contributed by atoms with van der Waals surface area (Å²) in [6.07, 6.45) is 0.794. The molecule has 0 heterocycles. The van der Waals surface area contributed by atoms with Crippen molar-refractivity contribution in [2.45, 2.75) is 40.2 Å². The van der Waals surface area contributed by atoms with E-state index in [1.165, 1.54) is 17.5 Å². The van der Waals surface area contributed by atoms with Crippen molar-refractivity contribution in [1.29, 1.82) is 0 Å². The van der Waals surface area contributed by atoms with E-state index in [2.05, 4.69) is 51.8 Å². The Labute approximate surface area is 112 Å². The lowest BCUT2D eigenvalue weighted by Crippen LogP contribution is -2.28. The van der Waals surface area contributed by atoms with Crippen molar-refractivity contribution in [3.8, 4) is 0 Å². The number of rotatable bonds is 6. The Balaban J connectivity index is 2.58. The van der Waals surface area contributed by atoms with Crippen LogP contribution in [-0.2, 0) is 0 Å². The third-order valence-electron chi connectivity index (χ3n) is 3.72. The molecule has 102 valence electrons. The van der Waals surface area contributed by atoms with Gasteiger partial charge in [-0.25, -0.2) is 0 Å². The highest BCUT2D eigenvalue weighted by atomic mass is 16.3. The van der Waals surface area contributed by atoms with E-state index in [-0.39, 0.29) is 0 Å². The maximum Gasteiger partial charge on any atom is 0.0916 e. The van der Waals surface area contributed by atoms with E-state index in [0.29, 0.717) is 12.5 Å². The van der Waals surface area contributed by atoms with E-state index >= 15 is 0 Å². The molecule has 0 aliphatic rings. The fourth-order valence-corrected chi connectivity index (χ4v) is 2.11. The Hall–Kier alpha value is -0.860. The van der Waals surface area contributed by atoms with Crippen LogP contribution in [-0.4, -0.2) is 30.1 Å². The highest BCUT2D eigenvalue weighted by molar-refractivity contribution is 5.31. The Morgan fingerprint density at radius 3 is 2.39 bits per heavy atom. The van der Waals surface area contributed by atoms with Crippen LogP contribution in [0.15, 0.2) is 18.2 Å². The monoisotopic (exact) mass is 249 g/mol. The topological polar surface area (TPSA) is 23.5 Å². The van der Waals surface area contributed by atoms with Gasteiger partial charge in [0.05, 0.1) is 6.10 Å². The highest BCUT2D eigenvalue weighted by Crippen LogP contribution is 2.18. The highest BCUT2D eigenvalue weighted by Gasteiger charge is 2.12. The number of likely N-dealkylation sites (N-methyl/N-ethyl adjacent to an activating group) is 1. The molecule has 0 fully saturated rings. The summed E-state index contributed by atoms with van der Waals surface area (Å²) in [6, 6.07) is 6.21. The average Bonchev–Trinajstić information content (AvgIpc) is 2.32. The molecule has 2 nitrogen and oxygen atoms in total. The van der Waals surface area contributed by atoms with Gasteiger partial charge in [-0.1, -0.05) is 38.5 Å². The van der Waals surface area contributed by atoms with Crippen molar-refractivity contribution in [3.05, 3.63) is 34.9 Å². The van der Waals surface area contributed by atoms with Gasteiger partial charge in [0.2, 0.25) is 0 Å². The van der Waals surface area contributed by atoms with Gasteiger partial charge in [-0.2, -0.15) is 0 Å². The summed E-state index contributed by atoms with van der Waals surface area (Å²) in [5, 5.41) is 10.3. The standard InChI is InChI=1S/C16H27NO/c1-6-12(2)10-17(5)11-16(18)15-8-7-13(3)14(4)9-15/h7-9,12,16,18H,6,10-11H2,1-5H3. The molecule has 1 aromatic rings. The summed E-state index contributed by atoms with van der Waals surface area (Å²) in [5.74, 6) is 0.682. The predicted octanol–water partition coefficient (Wildman–Crippen LogP) is 3.31. The number of benzene rings is 1. The largest absolute Gasteiger partial charge is 0.387 e. The first-order chi connectivity index (χ1) is 8.43. The van der Waals surface area contributed by atoms with Crippen LogP contribution in [0.4, 0.5) is 0 Å². The van der Waals surface area contributed by atoms with E-state index in [0.717, 1.165) is 12.1 Å². The van der Waals surface area contributed by atoms with E-state index in [1.807, 2.05) is 6.07 Å². The minimum Gasteiger partial charge on any atom is -0.387 e. The molecule has 0 amide bonds. The second-order valence-electron chi connectivity index (χ2n) is 5.59. The van der Waals surface area contributed by atoms with E-state index in [9.17, 15) is 5.11 Å². The second-order valence-corrected chi connectivity index (χ2v) is 5.59. The SMILES string of the molecule is CCC(C)CN(C)CC(O)c1ccc(C)c(C)c1. The Morgan fingerprint density at radius 2 is 1.83 bits per heavy atom. The van der Waals surface area contributed by atoms with Gasteiger partial charge in [-0.05, 0) is 43.5 Å². The molecule has 0 aliphatic carbocycles. The predicted molar refractivity (Wildman–Crippen MR) is 77.8 cm³/mol. The molecule has 2 atom stereocenters. The van der Waals surface area contributed by atoms with Crippen LogP contribution in [0.25, 0.3) is 0 Å². The first-order valence-electron chi connectivity index (χ1n) is 6.87. The Bertz CT molecular complexity index is 375. The molecular weight excluding hydrogens is 222 g/mol. The number of hydrogen-bond acceptors (Lipinski definition) is 2. The summed E-state index contributed by atoms with van der Waals surface area (Å²) < 4.78 is 0. The molecule has 0 aromatic heterocycles. The molecular formula is C16H27NO. The van der Waals surface area contributed by atoms with Gasteiger partial charge in [0.1, 0.15) is 0 Å². The molecule has 0 aliphatic heterocycles. The second kappa shape index (κ2) is 6.91. The fourth-order valence-electron chi connectivity index (χ4n) is 2.11. The fraction of sp³-hybridized carbons (Fsp3) is 0.625. The lowest BCUT2D eigenvalue weighted by Gasteiger charge is -2.23. The molecule has 2 unspecified atom stereocenters. The number of nitrogens with zero attached hydrogens (tertiary/aromatic N) is 1. The summed E-state index contributed by atoms with van der Waals surface area (Å²) in [5.41, 5.74) is 3.55. The molecule has 2 heteroatoms. The summed E-state index contributed by atoms with van der Waals surface area (Å²) in [6.45, 7) is 10.4. The van der Waals surface area contributed by atoms with E-state index in [4.69, 9.17) is 0 Å². The number of aryl methyl sites for hydroxylation is 2. The molecule has 0 radical (unpaired) electrons. The molecule has 0 saturated heterocycles. The number of hydrogen-bond donors (Lipinski definition) is 1. The van der Waals surface area contributed by atoms with Crippen molar-refractivity contribution in [1.82, 2.24) is 4.90 Å². The maximum absolute atomic E-state index is 10.3. The zero-order valence-electron chi connectivity index (χ0n) is 12.4. The molecule has 1 rings (SSSR count). The smallest absolute Gasteiger partial charge is 0.0916 e. The summed E-state index contributed by atoms with van der Waals surface area (Å²) >= 11 is 0. The van der Waals surface area contributed by atoms with Crippen molar-refractivity contribution in [2.24, 2.45) is 5.92 Å². The number of aliphatic hydroxyl groups excluding tert-OH is 1. The van der Waals surface area contributed by atoms with Crippen molar-refractivity contribution < 1.29 is 5.11 Å². The molecule has 1 aromatic carbocycles. The van der Waals surface area contributed by atoms with Crippen LogP contribution in [0.2, 0.25) is 0 Å². The zero-order chi connectivity index (χ0) is 13.7. The van der Waals surface area contributed by atoms with Crippen molar-refractivity contribution >= 4 is 0 Å². The summed E-state index contributed by atoms with van der Waals surface area (Å²) in [7, 11) is 2.08. The summed E-state index contributed by atoms with van der Waals surface area (Å²) in [4.78, 5) is 2.22. The van der Waals surface area contributed by atoms with Crippen LogP contribution in [0.3, 0.4) is 0 Å². The number of aliphatic hydroxyl groups is 1. The molecule has 1 N–H and O–H groups in total. The first-order valence-corrected chi connectivity index (χ1v) is 6.87. The van der Waals surface area contributed by atoms with Gasteiger partial charge in [-0.3, -0.25) is 0 Å². The minimum absolute atomic E-state index is 0.390. The van der Waals surface area contributed by atoms with Crippen LogP contribution in [0, 0.1) is 19.8 Å². The van der Waals surface area contributed by atoms with Crippen molar-refractivity contribution in [2.75, 3.05) is 20.1 Å². The zero-order valence-corrected chi connectivity index (χ0v) is 12.4. The molecule has 18 heavy (non-hydrogen) atoms. The van der Waals surface area contributed by atoms with E-state index < -0.39 is 6.10 Å². The van der Waals surface area contributed by atoms with E-state index in [1.54, 1.807) is 0 Å². The maximum atomic E-state index is 10.3. The van der Waals surface area contributed by atoms with Gasteiger partial charge in [-0.15, -0.1) is 0 Å². The van der Waals surface area contributed by atoms with Crippen LogP contribution >= 0.6 is 0 Å². The molecule has 0 spiro atoms. The van der Waals surface area contributed by atoms with Gasteiger partial charge in [0.25, 0.3) is 0 Å². The molecule has 0 saturated carbocycles. The van der Waals surface area contributed by atoms with Gasteiger partial charge < -0.3 is 10.0 Å².